The molecule has 0 saturated carbocycles. The van der Waals surface area contributed by atoms with Crippen LogP contribution >= 0.6 is 0 Å². The number of nitrogens with one attached hydrogen (secondary N) is 1. The Kier molecular flexibility index (Phi) is 7.84. The van der Waals surface area contributed by atoms with Gasteiger partial charge in [0.25, 0.3) is 0 Å². The number of aromatic nitrogens is 6. The number of anilines is 1. The molecule has 2 aliphatic heterocycles. The highest BCUT2D eigenvalue weighted by Gasteiger charge is 2.49. The fourth-order valence-corrected chi connectivity index (χ4v) is 6.45. The maximum atomic E-state index is 13.2. The van der Waals surface area contributed by atoms with Crippen LogP contribution in [0.3, 0.4) is 0 Å². The predicted octanol–water partition coefficient (Wildman–Crippen LogP) is 4.12. The predicted molar refractivity (Wildman–Crippen MR) is 169 cm³/mol. The lowest BCUT2D eigenvalue weighted by atomic mass is 9.85. The van der Waals surface area contributed by atoms with Gasteiger partial charge in [-0.3, -0.25) is 9.58 Å². The number of carbonyl (C=O) groups is 1. The number of fused-ring (bicyclic) bond motifs is 2. The van der Waals surface area contributed by atoms with E-state index in [9.17, 15) is 4.79 Å². The Morgan fingerprint density at radius 2 is 2.07 bits per heavy atom. The Labute approximate surface area is 261 Å². The van der Waals surface area contributed by atoms with Gasteiger partial charge in [-0.15, -0.1) is 0 Å². The minimum absolute atomic E-state index is 0.237. The summed E-state index contributed by atoms with van der Waals surface area (Å²) in [4.78, 5) is 34.3. The number of esters is 1. The number of aryl methyl sites for hydroxylation is 1. The molecule has 234 valence electrons. The Hall–Kier alpha value is -4.55. The smallest absolute Gasteiger partial charge is 0.338 e. The van der Waals surface area contributed by atoms with Crippen molar-refractivity contribution in [2.24, 2.45) is 7.05 Å². The molecule has 2 aliphatic rings. The highest BCUT2D eigenvalue weighted by Crippen LogP contribution is 2.36. The van der Waals surface area contributed by atoms with Gasteiger partial charge in [0, 0.05) is 57.3 Å². The number of piperazine rings is 1. The lowest BCUT2D eigenvalue weighted by molar-refractivity contribution is -0.216. The molecule has 5 aromatic rings. The average molecular weight is 611 g/mol. The van der Waals surface area contributed by atoms with E-state index in [-0.39, 0.29) is 18.1 Å². The summed E-state index contributed by atoms with van der Waals surface area (Å²) in [6, 6.07) is 14.1. The van der Waals surface area contributed by atoms with Crippen LogP contribution in [0.15, 0.2) is 61.2 Å². The van der Waals surface area contributed by atoms with E-state index in [1.807, 2.05) is 49.1 Å². The van der Waals surface area contributed by atoms with E-state index in [2.05, 4.69) is 42.8 Å². The van der Waals surface area contributed by atoms with Crippen LogP contribution in [0.25, 0.3) is 21.9 Å². The zero-order valence-electron chi connectivity index (χ0n) is 25.8. The number of imidazole rings is 1. The summed E-state index contributed by atoms with van der Waals surface area (Å²) < 4.78 is 20.2. The maximum absolute atomic E-state index is 13.2. The number of nitrogens with zero attached hydrogens (tertiary/aromatic N) is 7. The van der Waals surface area contributed by atoms with Gasteiger partial charge in [0.2, 0.25) is 0 Å². The van der Waals surface area contributed by atoms with E-state index in [0.717, 1.165) is 59.4 Å². The number of ether oxygens (including phenoxy) is 3. The van der Waals surface area contributed by atoms with Crippen molar-refractivity contribution in [2.75, 3.05) is 37.7 Å². The molecule has 0 spiro atoms. The standard InChI is InChI=1S/C33H38N8O4/c1-4-29(45-31(42)24-7-8-26-27(16-24)36-21-35-26)33(10-14-44-33)20-41-13-12-40(18-22(41)2)30-9-11-34-32(38-30)43-19-23-5-6-25-17-37-39(3)28(25)15-23/h5-9,11,15-17,21-22,29H,4,10,12-14,18-20H2,1-3H3,(H,35,36)/t22-,29?,33-/m0/s1. The summed E-state index contributed by atoms with van der Waals surface area (Å²) in [6.45, 7) is 8.44. The Balaban J connectivity index is 0.969. The average Bonchev–Trinajstić information content (AvgIpc) is 3.67. The number of benzene rings is 2. The lowest BCUT2D eigenvalue weighted by Crippen LogP contribution is -2.64. The number of rotatable bonds is 10. The van der Waals surface area contributed by atoms with Gasteiger partial charge in [0.1, 0.15) is 24.1 Å². The van der Waals surface area contributed by atoms with Gasteiger partial charge in [0.15, 0.2) is 0 Å². The summed E-state index contributed by atoms with van der Waals surface area (Å²) in [5.41, 5.74) is 3.70. The van der Waals surface area contributed by atoms with Crippen molar-refractivity contribution in [3.63, 3.8) is 0 Å². The van der Waals surface area contributed by atoms with E-state index in [1.165, 1.54) is 0 Å². The summed E-state index contributed by atoms with van der Waals surface area (Å²) in [6.07, 6.45) is 6.41. The molecule has 12 heteroatoms. The first-order valence-corrected chi connectivity index (χ1v) is 15.5. The molecule has 2 saturated heterocycles. The highest BCUT2D eigenvalue weighted by molar-refractivity contribution is 5.93. The minimum atomic E-state index is -0.520. The molecule has 0 bridgehead atoms. The van der Waals surface area contributed by atoms with Crippen LogP contribution in [0.5, 0.6) is 6.01 Å². The third-order valence-electron chi connectivity index (χ3n) is 9.14. The fourth-order valence-electron chi connectivity index (χ4n) is 6.45. The molecule has 3 atom stereocenters. The number of hydrogen-bond acceptors (Lipinski definition) is 10. The van der Waals surface area contributed by atoms with Crippen LogP contribution in [-0.2, 0) is 23.1 Å². The monoisotopic (exact) mass is 610 g/mol. The molecule has 45 heavy (non-hydrogen) atoms. The van der Waals surface area contributed by atoms with Gasteiger partial charge >= 0.3 is 12.0 Å². The van der Waals surface area contributed by atoms with Gasteiger partial charge in [-0.05, 0) is 49.2 Å². The first-order chi connectivity index (χ1) is 21.9. The number of hydrogen-bond donors (Lipinski definition) is 1. The molecule has 0 aliphatic carbocycles. The second kappa shape index (κ2) is 12.1. The molecule has 12 nitrogen and oxygen atoms in total. The second-order valence-electron chi connectivity index (χ2n) is 12.0. The van der Waals surface area contributed by atoms with Gasteiger partial charge in [-0.1, -0.05) is 19.1 Å². The first kappa shape index (κ1) is 29.2. The fraction of sp³-hybridized carbons (Fsp3) is 0.424. The van der Waals surface area contributed by atoms with Crippen LogP contribution in [0, 0.1) is 0 Å². The topological polar surface area (TPSA) is 124 Å². The molecular formula is C33H38N8O4. The van der Waals surface area contributed by atoms with Crippen LogP contribution in [-0.4, -0.2) is 91.1 Å². The SMILES string of the molecule is CCC(OC(=O)c1ccc2nc[nH]c2c1)[C@@]1(CN2CCN(c3ccnc(OCc4ccc5cnn(C)c5c4)n3)C[C@@H]2C)CCO1. The molecule has 0 amide bonds. The van der Waals surface area contributed by atoms with Gasteiger partial charge in [-0.25, -0.2) is 14.8 Å². The van der Waals surface area contributed by atoms with Crippen molar-refractivity contribution in [3.05, 3.63) is 72.3 Å². The lowest BCUT2D eigenvalue weighted by Gasteiger charge is -2.51. The van der Waals surface area contributed by atoms with Crippen molar-refractivity contribution in [3.8, 4) is 6.01 Å². The third kappa shape index (κ3) is 5.83. The van der Waals surface area contributed by atoms with Crippen molar-refractivity contribution in [2.45, 2.75) is 51.0 Å². The van der Waals surface area contributed by atoms with E-state index >= 15 is 0 Å². The summed E-state index contributed by atoms with van der Waals surface area (Å²) >= 11 is 0. The summed E-state index contributed by atoms with van der Waals surface area (Å²) in [5.74, 6) is 0.503. The second-order valence-corrected chi connectivity index (χ2v) is 12.0. The van der Waals surface area contributed by atoms with E-state index in [0.29, 0.717) is 37.8 Å². The third-order valence-corrected chi connectivity index (χ3v) is 9.14. The molecule has 3 aromatic heterocycles. The summed E-state index contributed by atoms with van der Waals surface area (Å²) in [7, 11) is 1.93. The van der Waals surface area contributed by atoms with E-state index in [4.69, 9.17) is 19.2 Å². The quantitative estimate of drug-likeness (QED) is 0.231. The van der Waals surface area contributed by atoms with Crippen LogP contribution in [0.2, 0.25) is 0 Å². The largest absolute Gasteiger partial charge is 0.459 e. The molecule has 0 radical (unpaired) electrons. The van der Waals surface area contributed by atoms with Gasteiger partial charge in [-0.2, -0.15) is 10.1 Å². The molecule has 2 fully saturated rings. The molecule has 7 rings (SSSR count). The Bertz CT molecular complexity index is 1810. The van der Waals surface area contributed by atoms with Gasteiger partial charge in [0.05, 0.1) is 41.2 Å². The number of carbonyl (C=O) groups excluding carboxylic acids is 1. The van der Waals surface area contributed by atoms with Crippen molar-refractivity contribution in [1.29, 1.82) is 0 Å². The zero-order chi connectivity index (χ0) is 31.0. The maximum Gasteiger partial charge on any atom is 0.338 e. The molecule has 2 aromatic carbocycles. The Morgan fingerprint density at radius 1 is 1.18 bits per heavy atom. The van der Waals surface area contributed by atoms with Crippen molar-refractivity contribution >= 4 is 33.7 Å². The molecule has 1 N–H and O–H groups in total. The molecular weight excluding hydrogens is 572 g/mol. The summed E-state index contributed by atoms with van der Waals surface area (Å²) in [5, 5.41) is 5.41. The minimum Gasteiger partial charge on any atom is -0.459 e. The van der Waals surface area contributed by atoms with E-state index < -0.39 is 5.60 Å². The highest BCUT2D eigenvalue weighted by atomic mass is 16.6. The van der Waals surface area contributed by atoms with E-state index in [1.54, 1.807) is 24.7 Å². The molecule has 1 unspecified atom stereocenters. The number of H-pyrrole nitrogens is 1. The van der Waals surface area contributed by atoms with Gasteiger partial charge < -0.3 is 24.1 Å². The number of aromatic amines is 1. The van der Waals surface area contributed by atoms with Crippen LogP contribution < -0.4 is 9.64 Å². The molecule has 5 heterocycles. The van der Waals surface area contributed by atoms with Crippen molar-refractivity contribution < 1.29 is 19.0 Å². The first-order valence-electron chi connectivity index (χ1n) is 15.5. The Morgan fingerprint density at radius 3 is 2.87 bits per heavy atom. The normalized spacial score (nSPS) is 21.1. The zero-order valence-corrected chi connectivity index (χ0v) is 25.8. The van der Waals surface area contributed by atoms with Crippen LogP contribution in [0.4, 0.5) is 5.82 Å². The van der Waals surface area contributed by atoms with Crippen LogP contribution in [0.1, 0.15) is 42.6 Å². The van der Waals surface area contributed by atoms with Crippen molar-refractivity contribution in [1.82, 2.24) is 34.6 Å².